The number of ether oxygens (including phenoxy) is 3. The summed E-state index contributed by atoms with van der Waals surface area (Å²) in [6.45, 7) is 1.69. The first kappa shape index (κ1) is 18.6. The van der Waals surface area contributed by atoms with Crippen molar-refractivity contribution in [1.29, 1.82) is 0 Å². The Labute approximate surface area is 157 Å². The van der Waals surface area contributed by atoms with Gasteiger partial charge in [0.2, 0.25) is 6.79 Å². The molecule has 1 atom stereocenters. The van der Waals surface area contributed by atoms with E-state index in [1.807, 2.05) is 0 Å². The lowest BCUT2D eigenvalue weighted by Crippen LogP contribution is -2.42. The van der Waals surface area contributed by atoms with Crippen LogP contribution in [0.1, 0.15) is 44.6 Å². The molecule has 1 aliphatic carbocycles. The second-order valence-electron chi connectivity index (χ2n) is 6.49. The van der Waals surface area contributed by atoms with Crippen molar-refractivity contribution in [3.8, 4) is 11.5 Å². The van der Waals surface area contributed by atoms with Gasteiger partial charge in [-0.1, -0.05) is 30.9 Å². The van der Waals surface area contributed by atoms with Gasteiger partial charge in [-0.25, -0.2) is 4.79 Å². The highest BCUT2D eigenvalue weighted by Crippen LogP contribution is 2.40. The van der Waals surface area contributed by atoms with E-state index in [0.717, 1.165) is 25.7 Å². The molecule has 140 valence electrons. The van der Waals surface area contributed by atoms with E-state index in [2.05, 4.69) is 5.32 Å². The van der Waals surface area contributed by atoms with Crippen molar-refractivity contribution in [3.63, 3.8) is 0 Å². The van der Waals surface area contributed by atoms with Crippen LogP contribution in [-0.4, -0.2) is 30.8 Å². The molecule has 0 saturated heterocycles. The van der Waals surface area contributed by atoms with Gasteiger partial charge >= 0.3 is 5.97 Å². The molecular weight excluding hydrogens is 358 g/mol. The van der Waals surface area contributed by atoms with Crippen LogP contribution in [0.3, 0.4) is 0 Å². The van der Waals surface area contributed by atoms with E-state index >= 15 is 0 Å². The molecule has 0 unspecified atom stereocenters. The maximum atomic E-state index is 12.1. The minimum Gasteiger partial charge on any atom is -0.454 e. The average Bonchev–Trinajstić information content (AvgIpc) is 3.10. The van der Waals surface area contributed by atoms with Gasteiger partial charge in [0.05, 0.1) is 5.02 Å². The van der Waals surface area contributed by atoms with Gasteiger partial charge in [0.15, 0.2) is 17.6 Å². The van der Waals surface area contributed by atoms with Crippen molar-refractivity contribution in [2.75, 3.05) is 6.79 Å². The van der Waals surface area contributed by atoms with Gasteiger partial charge in [-0.15, -0.1) is 0 Å². The molecule has 1 aromatic carbocycles. The molecule has 3 rings (SSSR count). The van der Waals surface area contributed by atoms with Gasteiger partial charge < -0.3 is 19.5 Å². The van der Waals surface area contributed by atoms with Crippen LogP contribution in [0.15, 0.2) is 18.2 Å². The van der Waals surface area contributed by atoms with E-state index < -0.39 is 12.1 Å². The standard InChI is InChI=1S/C19H22ClNO5/c1-12(19(23)21-14-5-3-2-4-6-14)26-17(22)8-7-13-9-15(20)18-16(10-13)24-11-25-18/h7-10,12,14H,2-6,11H2,1H3,(H,21,23)/b8-7+/t12-/m0/s1. The second kappa shape index (κ2) is 8.45. The minimum absolute atomic E-state index is 0.123. The third-order valence-corrected chi connectivity index (χ3v) is 4.76. The SMILES string of the molecule is C[C@H](OC(=O)/C=C/c1cc(Cl)c2c(c1)OCO2)C(=O)NC1CCCCC1. The number of carbonyl (C=O) groups excluding carboxylic acids is 2. The minimum atomic E-state index is -0.839. The Kier molecular flexibility index (Phi) is 6.04. The fourth-order valence-corrected chi connectivity index (χ4v) is 3.35. The number of carbonyl (C=O) groups is 2. The van der Waals surface area contributed by atoms with Crippen LogP contribution < -0.4 is 14.8 Å². The summed E-state index contributed by atoms with van der Waals surface area (Å²) >= 11 is 6.10. The lowest BCUT2D eigenvalue weighted by atomic mass is 9.95. The first-order chi connectivity index (χ1) is 12.5. The second-order valence-corrected chi connectivity index (χ2v) is 6.90. The number of amides is 1. The molecule has 0 aromatic heterocycles. The number of hydrogen-bond donors (Lipinski definition) is 1. The van der Waals surface area contributed by atoms with Crippen LogP contribution in [0, 0.1) is 0 Å². The topological polar surface area (TPSA) is 73.9 Å². The molecule has 1 aromatic rings. The maximum Gasteiger partial charge on any atom is 0.331 e. The Morgan fingerprint density at radius 2 is 2.04 bits per heavy atom. The lowest BCUT2D eigenvalue weighted by molar-refractivity contribution is -0.150. The summed E-state index contributed by atoms with van der Waals surface area (Å²) in [5, 5.41) is 3.36. The zero-order chi connectivity index (χ0) is 18.5. The Balaban J connectivity index is 1.52. The van der Waals surface area contributed by atoms with Gasteiger partial charge in [0.1, 0.15) is 0 Å². The number of hydrogen-bond acceptors (Lipinski definition) is 5. The van der Waals surface area contributed by atoms with E-state index in [0.29, 0.717) is 22.1 Å². The fourth-order valence-electron chi connectivity index (χ4n) is 3.08. The number of fused-ring (bicyclic) bond motifs is 1. The molecule has 1 amide bonds. The summed E-state index contributed by atoms with van der Waals surface area (Å²) < 4.78 is 15.7. The van der Waals surface area contributed by atoms with Crippen molar-refractivity contribution < 1.29 is 23.8 Å². The van der Waals surface area contributed by atoms with Crippen molar-refractivity contribution in [1.82, 2.24) is 5.32 Å². The predicted octanol–water partition coefficient (Wildman–Crippen LogP) is 3.46. The Hall–Kier alpha value is -2.21. The summed E-state index contributed by atoms with van der Waals surface area (Å²) in [6, 6.07) is 3.57. The Bertz CT molecular complexity index is 712. The molecule has 0 spiro atoms. The third kappa shape index (κ3) is 4.69. The van der Waals surface area contributed by atoms with E-state index in [-0.39, 0.29) is 18.7 Å². The highest BCUT2D eigenvalue weighted by molar-refractivity contribution is 6.32. The van der Waals surface area contributed by atoms with Gasteiger partial charge in [0, 0.05) is 12.1 Å². The van der Waals surface area contributed by atoms with Crippen molar-refractivity contribution >= 4 is 29.6 Å². The van der Waals surface area contributed by atoms with Gasteiger partial charge in [-0.3, -0.25) is 4.79 Å². The monoisotopic (exact) mass is 379 g/mol. The van der Waals surface area contributed by atoms with Gasteiger partial charge in [-0.2, -0.15) is 0 Å². The highest BCUT2D eigenvalue weighted by atomic mass is 35.5. The lowest BCUT2D eigenvalue weighted by Gasteiger charge is -2.24. The van der Waals surface area contributed by atoms with Crippen LogP contribution in [-0.2, 0) is 14.3 Å². The molecule has 6 nitrogen and oxygen atoms in total. The molecule has 1 fully saturated rings. The zero-order valence-corrected chi connectivity index (χ0v) is 15.4. The highest BCUT2D eigenvalue weighted by Gasteiger charge is 2.22. The summed E-state index contributed by atoms with van der Waals surface area (Å²) in [4.78, 5) is 24.1. The molecule has 1 aliphatic heterocycles. The fraction of sp³-hybridized carbons (Fsp3) is 0.474. The summed E-state index contributed by atoms with van der Waals surface area (Å²) in [5.41, 5.74) is 0.676. The van der Waals surface area contributed by atoms with Crippen molar-refractivity contribution in [2.45, 2.75) is 51.2 Å². The van der Waals surface area contributed by atoms with Gasteiger partial charge in [-0.05, 0) is 43.5 Å². The van der Waals surface area contributed by atoms with E-state index in [9.17, 15) is 9.59 Å². The molecular formula is C19H22ClNO5. The van der Waals surface area contributed by atoms with Crippen LogP contribution in [0.5, 0.6) is 11.5 Å². The first-order valence-corrected chi connectivity index (χ1v) is 9.19. The quantitative estimate of drug-likeness (QED) is 0.626. The molecule has 26 heavy (non-hydrogen) atoms. The Morgan fingerprint density at radius 1 is 1.27 bits per heavy atom. The maximum absolute atomic E-state index is 12.1. The molecule has 7 heteroatoms. The van der Waals surface area contributed by atoms with Crippen molar-refractivity contribution in [3.05, 3.63) is 28.8 Å². The predicted molar refractivity (Wildman–Crippen MR) is 97.2 cm³/mol. The van der Waals surface area contributed by atoms with E-state index in [4.69, 9.17) is 25.8 Å². The molecule has 0 radical (unpaired) electrons. The number of halogens is 1. The number of benzene rings is 1. The number of esters is 1. The summed E-state index contributed by atoms with van der Waals surface area (Å²) in [6.07, 6.45) is 7.41. The zero-order valence-electron chi connectivity index (χ0n) is 14.6. The smallest absolute Gasteiger partial charge is 0.331 e. The van der Waals surface area contributed by atoms with Crippen LogP contribution in [0.2, 0.25) is 5.02 Å². The summed E-state index contributed by atoms with van der Waals surface area (Å²) in [7, 11) is 0. The Morgan fingerprint density at radius 3 is 2.81 bits per heavy atom. The average molecular weight is 380 g/mol. The van der Waals surface area contributed by atoms with Crippen LogP contribution in [0.4, 0.5) is 0 Å². The molecule has 0 bridgehead atoms. The molecule has 1 heterocycles. The molecule has 1 saturated carbocycles. The number of nitrogens with one attached hydrogen (secondary N) is 1. The van der Waals surface area contributed by atoms with Crippen LogP contribution in [0.25, 0.3) is 6.08 Å². The molecule has 2 aliphatic rings. The van der Waals surface area contributed by atoms with Crippen LogP contribution >= 0.6 is 11.6 Å². The third-order valence-electron chi connectivity index (χ3n) is 4.48. The van der Waals surface area contributed by atoms with E-state index in [1.165, 1.54) is 12.5 Å². The van der Waals surface area contributed by atoms with Gasteiger partial charge in [0.25, 0.3) is 5.91 Å². The van der Waals surface area contributed by atoms with Crippen molar-refractivity contribution in [2.24, 2.45) is 0 Å². The first-order valence-electron chi connectivity index (χ1n) is 8.81. The number of rotatable bonds is 5. The van der Waals surface area contributed by atoms with E-state index in [1.54, 1.807) is 25.1 Å². The molecule has 1 N–H and O–H groups in total. The largest absolute Gasteiger partial charge is 0.454 e. The summed E-state index contributed by atoms with van der Waals surface area (Å²) in [5.74, 6) is 0.181. The normalized spacial score (nSPS) is 17.9.